The average Bonchev–Trinajstić information content (AvgIpc) is 2.48. The fourth-order valence-electron chi connectivity index (χ4n) is 4.13. The van der Waals surface area contributed by atoms with E-state index in [4.69, 9.17) is 9.84 Å². The molecule has 1 saturated carbocycles. The maximum absolute atomic E-state index is 11.4. The van der Waals surface area contributed by atoms with Gasteiger partial charge in [0, 0.05) is 5.92 Å². The van der Waals surface area contributed by atoms with Crippen LogP contribution in [0.15, 0.2) is 11.6 Å². The Morgan fingerprint density at radius 3 is 2.70 bits per heavy atom. The number of aliphatic hydroxyl groups is 1. The molecule has 1 fully saturated rings. The molecule has 0 amide bonds. The monoisotopic (exact) mass is 324 g/mol. The maximum atomic E-state index is 11.4. The molecule has 0 aromatic heterocycles. The van der Waals surface area contributed by atoms with Gasteiger partial charge in [0.1, 0.15) is 13.0 Å². The van der Waals surface area contributed by atoms with Gasteiger partial charge in [-0.15, -0.1) is 0 Å². The molecule has 5 heteroatoms. The zero-order chi connectivity index (χ0) is 17.2. The lowest BCUT2D eigenvalue weighted by molar-refractivity contribution is -0.150. The average molecular weight is 324 g/mol. The summed E-state index contributed by atoms with van der Waals surface area (Å²) in [6.45, 7) is 6.51. The van der Waals surface area contributed by atoms with Gasteiger partial charge in [0.15, 0.2) is 0 Å². The van der Waals surface area contributed by atoms with Gasteiger partial charge in [0.25, 0.3) is 0 Å². The lowest BCUT2D eigenvalue weighted by Crippen LogP contribution is -2.51. The molecule has 4 atom stereocenters. The summed E-state index contributed by atoms with van der Waals surface area (Å²) in [4.78, 5) is 21.9. The molecule has 0 saturated heterocycles. The van der Waals surface area contributed by atoms with Crippen LogP contribution < -0.4 is 0 Å². The highest BCUT2D eigenvalue weighted by Gasteiger charge is 2.48. The smallest absolute Gasteiger partial charge is 0.317 e. The normalized spacial score (nSPS) is 33.8. The van der Waals surface area contributed by atoms with Gasteiger partial charge in [-0.2, -0.15) is 0 Å². The van der Waals surface area contributed by atoms with E-state index in [0.29, 0.717) is 11.8 Å². The van der Waals surface area contributed by atoms with E-state index in [1.165, 1.54) is 0 Å². The summed E-state index contributed by atoms with van der Waals surface area (Å²) in [5.41, 5.74) is 0.298. The van der Waals surface area contributed by atoms with Gasteiger partial charge in [-0.3, -0.25) is 9.59 Å². The Morgan fingerprint density at radius 1 is 1.39 bits per heavy atom. The predicted molar refractivity (Wildman–Crippen MR) is 85.7 cm³/mol. The summed E-state index contributed by atoms with van der Waals surface area (Å²) in [6, 6.07) is 0. The van der Waals surface area contributed by atoms with E-state index >= 15 is 0 Å². The zero-order valence-electron chi connectivity index (χ0n) is 14.2. The van der Waals surface area contributed by atoms with Crippen molar-refractivity contribution < 1.29 is 24.5 Å². The van der Waals surface area contributed by atoms with Crippen LogP contribution in [0.4, 0.5) is 0 Å². The first-order chi connectivity index (χ1) is 10.7. The lowest BCUT2D eigenvalue weighted by Gasteiger charge is -2.51. The third kappa shape index (κ3) is 3.94. The number of aliphatic carboxylic acids is 1. The second-order valence-electron chi connectivity index (χ2n) is 7.45. The second-order valence-corrected chi connectivity index (χ2v) is 7.45. The van der Waals surface area contributed by atoms with E-state index in [2.05, 4.69) is 26.8 Å². The Morgan fingerprint density at radius 2 is 2.09 bits per heavy atom. The zero-order valence-corrected chi connectivity index (χ0v) is 14.2. The van der Waals surface area contributed by atoms with Gasteiger partial charge >= 0.3 is 11.9 Å². The fourth-order valence-corrected chi connectivity index (χ4v) is 4.13. The Hall–Kier alpha value is -1.36. The molecular formula is C18H28O5. The largest absolute Gasteiger partial charge is 0.481 e. The number of fused-ring (bicyclic) bond motifs is 1. The lowest BCUT2D eigenvalue weighted by atomic mass is 9.58. The number of rotatable bonds is 5. The number of esters is 1. The van der Waals surface area contributed by atoms with Crippen molar-refractivity contribution in [1.29, 1.82) is 0 Å². The van der Waals surface area contributed by atoms with Crippen molar-refractivity contribution >= 4 is 11.9 Å². The number of carbonyl (C=O) groups excluding carboxylic acids is 1. The van der Waals surface area contributed by atoms with Crippen LogP contribution in [0.3, 0.4) is 0 Å². The van der Waals surface area contributed by atoms with Crippen molar-refractivity contribution in [2.24, 2.45) is 23.7 Å². The molecular weight excluding hydrogens is 296 g/mol. The molecule has 0 aliphatic heterocycles. The summed E-state index contributed by atoms with van der Waals surface area (Å²) in [5, 5.41) is 19.7. The molecule has 2 rings (SSSR count). The molecule has 0 heterocycles. The topological polar surface area (TPSA) is 83.8 Å². The standard InChI is InChI=1S/C18H28O5/c1-11(2)18(22)7-6-12(3)14-5-4-13(8-15(14)18)10-23-17(21)9-16(19)20/h8,11-12,14-15,22H,4-7,9-10H2,1-3H3,(H,19,20). The first-order valence-electron chi connectivity index (χ1n) is 8.53. The fraction of sp³-hybridized carbons (Fsp3) is 0.778. The van der Waals surface area contributed by atoms with Crippen LogP contribution in [-0.2, 0) is 14.3 Å². The Balaban J connectivity index is 2.09. The number of carboxylic acids is 1. The molecule has 5 nitrogen and oxygen atoms in total. The van der Waals surface area contributed by atoms with Crippen molar-refractivity contribution in [3.63, 3.8) is 0 Å². The minimum absolute atomic E-state index is 0.0909. The van der Waals surface area contributed by atoms with Crippen molar-refractivity contribution in [3.05, 3.63) is 11.6 Å². The van der Waals surface area contributed by atoms with Crippen LogP contribution in [-0.4, -0.2) is 34.4 Å². The quantitative estimate of drug-likeness (QED) is 0.461. The van der Waals surface area contributed by atoms with Crippen molar-refractivity contribution in [2.45, 2.75) is 58.5 Å². The Labute approximate surface area is 137 Å². The Kier molecular flexibility index (Phi) is 5.50. The first-order valence-corrected chi connectivity index (χ1v) is 8.53. The van der Waals surface area contributed by atoms with E-state index in [0.717, 1.165) is 31.3 Å². The van der Waals surface area contributed by atoms with Crippen LogP contribution in [0.25, 0.3) is 0 Å². The summed E-state index contributed by atoms with van der Waals surface area (Å²) in [5.74, 6) is -0.568. The molecule has 23 heavy (non-hydrogen) atoms. The van der Waals surface area contributed by atoms with Gasteiger partial charge in [0.2, 0.25) is 0 Å². The van der Waals surface area contributed by atoms with Gasteiger partial charge in [0.05, 0.1) is 5.60 Å². The number of carboxylic acid groups (broad SMARTS) is 1. The third-order valence-electron chi connectivity index (χ3n) is 5.70. The number of carbonyl (C=O) groups is 2. The van der Waals surface area contributed by atoms with Crippen molar-refractivity contribution in [1.82, 2.24) is 0 Å². The van der Waals surface area contributed by atoms with E-state index in [1.807, 2.05) is 0 Å². The van der Waals surface area contributed by atoms with Gasteiger partial charge in [-0.25, -0.2) is 0 Å². The van der Waals surface area contributed by atoms with Crippen LogP contribution in [0.2, 0.25) is 0 Å². The molecule has 0 bridgehead atoms. The van der Waals surface area contributed by atoms with Crippen molar-refractivity contribution in [2.75, 3.05) is 6.61 Å². The van der Waals surface area contributed by atoms with Crippen LogP contribution in [0, 0.1) is 23.7 Å². The van der Waals surface area contributed by atoms with Gasteiger partial charge in [-0.05, 0) is 49.0 Å². The highest BCUT2D eigenvalue weighted by molar-refractivity contribution is 5.90. The molecule has 0 aromatic rings. The summed E-state index contributed by atoms with van der Waals surface area (Å²) in [6.07, 6.45) is 5.18. The molecule has 2 aliphatic rings. The highest BCUT2D eigenvalue weighted by atomic mass is 16.5. The first kappa shape index (κ1) is 18.0. The van der Waals surface area contributed by atoms with E-state index in [9.17, 15) is 14.7 Å². The Bertz CT molecular complexity index is 496. The van der Waals surface area contributed by atoms with E-state index in [-0.39, 0.29) is 18.4 Å². The third-order valence-corrected chi connectivity index (χ3v) is 5.70. The number of hydrogen-bond donors (Lipinski definition) is 2. The van der Waals surface area contributed by atoms with Crippen LogP contribution in [0.1, 0.15) is 52.9 Å². The summed E-state index contributed by atoms with van der Waals surface area (Å²) in [7, 11) is 0. The van der Waals surface area contributed by atoms with Crippen LogP contribution >= 0.6 is 0 Å². The summed E-state index contributed by atoms with van der Waals surface area (Å²) >= 11 is 0. The molecule has 2 aliphatic carbocycles. The maximum Gasteiger partial charge on any atom is 0.317 e. The minimum atomic E-state index is -1.18. The molecule has 2 N–H and O–H groups in total. The van der Waals surface area contributed by atoms with Crippen LogP contribution in [0.5, 0.6) is 0 Å². The summed E-state index contributed by atoms with van der Waals surface area (Å²) < 4.78 is 5.06. The highest BCUT2D eigenvalue weighted by Crippen LogP contribution is 2.50. The van der Waals surface area contributed by atoms with E-state index < -0.39 is 24.0 Å². The second kappa shape index (κ2) is 7.04. The van der Waals surface area contributed by atoms with Crippen molar-refractivity contribution in [3.8, 4) is 0 Å². The van der Waals surface area contributed by atoms with Gasteiger partial charge < -0.3 is 14.9 Å². The molecule has 130 valence electrons. The van der Waals surface area contributed by atoms with Gasteiger partial charge in [-0.1, -0.05) is 26.8 Å². The predicted octanol–water partition coefficient (Wildman–Crippen LogP) is 2.77. The van der Waals surface area contributed by atoms with E-state index in [1.54, 1.807) is 0 Å². The minimum Gasteiger partial charge on any atom is -0.481 e. The number of hydrogen-bond acceptors (Lipinski definition) is 4. The molecule has 4 unspecified atom stereocenters. The molecule has 0 spiro atoms. The molecule has 0 aromatic carbocycles. The molecule has 0 radical (unpaired) electrons. The number of ether oxygens (including phenoxy) is 1. The SMILES string of the molecule is CC1CCC(O)(C(C)C)C2C=C(COC(=O)CC(=O)O)CCC12.